The molecule has 1 aliphatic heterocycles. The highest BCUT2D eigenvalue weighted by Crippen LogP contribution is 2.19. The van der Waals surface area contributed by atoms with Gasteiger partial charge in [0.05, 0.1) is 12.7 Å². The van der Waals surface area contributed by atoms with E-state index in [9.17, 15) is 4.79 Å². The predicted molar refractivity (Wildman–Crippen MR) is 78.3 cm³/mol. The molecular formula is C15H20ClNO3. The number of hydrogen-bond acceptors (Lipinski definition) is 3. The Balaban J connectivity index is 2.02. The van der Waals surface area contributed by atoms with Crippen LogP contribution in [-0.4, -0.2) is 50.3 Å². The van der Waals surface area contributed by atoms with Crippen molar-refractivity contribution in [2.24, 2.45) is 0 Å². The number of morpholine rings is 1. The summed E-state index contributed by atoms with van der Waals surface area (Å²) in [4.78, 5) is 14.3. The third kappa shape index (κ3) is 3.72. The molecule has 0 saturated carbocycles. The zero-order chi connectivity index (χ0) is 14.5. The van der Waals surface area contributed by atoms with Crippen LogP contribution in [0.2, 0.25) is 5.02 Å². The van der Waals surface area contributed by atoms with Crippen LogP contribution in [-0.2, 0) is 9.47 Å². The van der Waals surface area contributed by atoms with Crippen molar-refractivity contribution in [1.82, 2.24) is 4.90 Å². The van der Waals surface area contributed by atoms with Gasteiger partial charge in [0, 0.05) is 37.4 Å². The number of ether oxygens (including phenoxy) is 2. The minimum Gasteiger partial charge on any atom is -0.385 e. The summed E-state index contributed by atoms with van der Waals surface area (Å²) in [5, 5.41) is 0.682. The van der Waals surface area contributed by atoms with Crippen molar-refractivity contribution in [2.45, 2.75) is 19.4 Å². The van der Waals surface area contributed by atoms with E-state index in [0.29, 0.717) is 36.9 Å². The van der Waals surface area contributed by atoms with Crippen LogP contribution in [0.3, 0.4) is 0 Å². The molecule has 110 valence electrons. The summed E-state index contributed by atoms with van der Waals surface area (Å²) >= 11 is 5.99. The lowest BCUT2D eigenvalue weighted by molar-refractivity contribution is -0.0332. The lowest BCUT2D eigenvalue weighted by Gasteiger charge is -2.33. The van der Waals surface area contributed by atoms with Crippen molar-refractivity contribution in [1.29, 1.82) is 0 Å². The predicted octanol–water partition coefficient (Wildman–Crippen LogP) is 2.53. The van der Waals surface area contributed by atoms with Crippen LogP contribution in [0.4, 0.5) is 0 Å². The zero-order valence-electron chi connectivity index (χ0n) is 11.9. The largest absolute Gasteiger partial charge is 0.385 e. The number of methoxy groups -OCH3 is 1. The van der Waals surface area contributed by atoms with Gasteiger partial charge in [-0.15, -0.1) is 0 Å². The molecule has 20 heavy (non-hydrogen) atoms. The maximum Gasteiger partial charge on any atom is 0.254 e. The standard InChI is InChI=1S/C15H20ClNO3/c1-11-9-12(3-4-14(11)16)15(18)17-6-8-20-13(10-17)5-7-19-2/h3-4,9,13H,5-8,10H2,1-2H3. The van der Waals surface area contributed by atoms with Crippen LogP contribution in [0.25, 0.3) is 0 Å². The first-order valence-corrected chi connectivity index (χ1v) is 7.15. The van der Waals surface area contributed by atoms with Crippen molar-refractivity contribution in [3.8, 4) is 0 Å². The van der Waals surface area contributed by atoms with E-state index < -0.39 is 0 Å². The zero-order valence-corrected chi connectivity index (χ0v) is 12.7. The van der Waals surface area contributed by atoms with Crippen LogP contribution in [0, 0.1) is 6.92 Å². The van der Waals surface area contributed by atoms with Gasteiger partial charge in [-0.2, -0.15) is 0 Å². The molecule has 0 aliphatic carbocycles. The third-order valence-electron chi connectivity index (χ3n) is 3.47. The molecule has 0 spiro atoms. The van der Waals surface area contributed by atoms with E-state index in [0.717, 1.165) is 12.0 Å². The monoisotopic (exact) mass is 297 g/mol. The van der Waals surface area contributed by atoms with Gasteiger partial charge in [-0.1, -0.05) is 11.6 Å². The second kappa shape index (κ2) is 7.07. The molecule has 0 N–H and O–H groups in total. The lowest BCUT2D eigenvalue weighted by atomic mass is 10.1. The van der Waals surface area contributed by atoms with Crippen molar-refractivity contribution in [3.63, 3.8) is 0 Å². The van der Waals surface area contributed by atoms with E-state index >= 15 is 0 Å². The highest BCUT2D eigenvalue weighted by atomic mass is 35.5. The van der Waals surface area contributed by atoms with Gasteiger partial charge in [0.15, 0.2) is 0 Å². The maximum absolute atomic E-state index is 12.5. The van der Waals surface area contributed by atoms with Gasteiger partial charge < -0.3 is 14.4 Å². The fraction of sp³-hybridized carbons (Fsp3) is 0.533. The molecule has 1 saturated heterocycles. The fourth-order valence-corrected chi connectivity index (χ4v) is 2.41. The molecule has 1 aromatic rings. The van der Waals surface area contributed by atoms with E-state index in [1.807, 2.05) is 17.9 Å². The van der Waals surface area contributed by atoms with Crippen LogP contribution >= 0.6 is 11.6 Å². The Kier molecular flexibility index (Phi) is 5.40. The van der Waals surface area contributed by atoms with Gasteiger partial charge in [-0.05, 0) is 37.1 Å². The van der Waals surface area contributed by atoms with Gasteiger partial charge in [0.2, 0.25) is 0 Å². The van der Waals surface area contributed by atoms with Crippen LogP contribution in [0.15, 0.2) is 18.2 Å². The Morgan fingerprint density at radius 3 is 3.05 bits per heavy atom. The second-order valence-corrected chi connectivity index (χ2v) is 5.40. The molecule has 0 radical (unpaired) electrons. The van der Waals surface area contributed by atoms with E-state index in [2.05, 4.69) is 0 Å². The minimum absolute atomic E-state index is 0.0375. The number of hydrogen-bond donors (Lipinski definition) is 0. The molecule has 1 aromatic carbocycles. The quantitative estimate of drug-likeness (QED) is 0.857. The average Bonchev–Trinajstić information content (AvgIpc) is 2.47. The van der Waals surface area contributed by atoms with Crippen molar-refractivity contribution < 1.29 is 14.3 Å². The first kappa shape index (κ1) is 15.3. The van der Waals surface area contributed by atoms with Gasteiger partial charge in [-0.25, -0.2) is 0 Å². The summed E-state index contributed by atoms with van der Waals surface area (Å²) in [5.41, 5.74) is 1.60. The first-order chi connectivity index (χ1) is 9.61. The third-order valence-corrected chi connectivity index (χ3v) is 3.90. The van der Waals surface area contributed by atoms with E-state index in [4.69, 9.17) is 21.1 Å². The van der Waals surface area contributed by atoms with Crippen molar-refractivity contribution in [2.75, 3.05) is 33.4 Å². The Bertz CT molecular complexity index is 478. The normalized spacial score (nSPS) is 19.1. The first-order valence-electron chi connectivity index (χ1n) is 6.77. The Morgan fingerprint density at radius 1 is 1.55 bits per heavy atom. The summed E-state index contributed by atoms with van der Waals surface area (Å²) in [6.07, 6.45) is 0.862. The number of benzene rings is 1. The van der Waals surface area contributed by atoms with Gasteiger partial charge >= 0.3 is 0 Å². The van der Waals surface area contributed by atoms with Crippen molar-refractivity contribution in [3.05, 3.63) is 34.3 Å². The number of rotatable bonds is 4. The molecule has 1 amide bonds. The Labute approximate surface area is 124 Å². The maximum atomic E-state index is 12.5. The number of carbonyl (C=O) groups excluding carboxylic acids is 1. The Hall–Kier alpha value is -1.10. The highest BCUT2D eigenvalue weighted by molar-refractivity contribution is 6.31. The molecule has 1 atom stereocenters. The van der Waals surface area contributed by atoms with Crippen LogP contribution in [0.1, 0.15) is 22.3 Å². The SMILES string of the molecule is COCCC1CN(C(=O)c2ccc(Cl)c(C)c2)CCO1. The summed E-state index contributed by atoms with van der Waals surface area (Å²) in [6.45, 7) is 4.37. The summed E-state index contributed by atoms with van der Waals surface area (Å²) in [7, 11) is 1.67. The van der Waals surface area contributed by atoms with Gasteiger partial charge in [0.1, 0.15) is 0 Å². The molecule has 1 fully saturated rings. The number of carbonyl (C=O) groups is 1. The number of aryl methyl sites for hydroxylation is 1. The van der Waals surface area contributed by atoms with E-state index in [-0.39, 0.29) is 12.0 Å². The molecule has 0 aromatic heterocycles. The molecule has 5 heteroatoms. The molecule has 1 aliphatic rings. The number of nitrogens with zero attached hydrogens (tertiary/aromatic N) is 1. The molecular weight excluding hydrogens is 278 g/mol. The summed E-state index contributed by atoms with van der Waals surface area (Å²) in [5.74, 6) is 0.0375. The van der Waals surface area contributed by atoms with E-state index in [1.54, 1.807) is 19.2 Å². The minimum atomic E-state index is 0.0375. The van der Waals surface area contributed by atoms with E-state index in [1.165, 1.54) is 0 Å². The van der Waals surface area contributed by atoms with Crippen LogP contribution in [0.5, 0.6) is 0 Å². The fourth-order valence-electron chi connectivity index (χ4n) is 2.29. The smallest absolute Gasteiger partial charge is 0.254 e. The summed E-state index contributed by atoms with van der Waals surface area (Å²) < 4.78 is 10.7. The average molecular weight is 298 g/mol. The molecule has 1 unspecified atom stereocenters. The summed E-state index contributed by atoms with van der Waals surface area (Å²) in [6, 6.07) is 5.38. The number of amides is 1. The molecule has 0 bridgehead atoms. The molecule has 2 rings (SSSR count). The number of halogens is 1. The second-order valence-electron chi connectivity index (χ2n) is 4.99. The lowest BCUT2D eigenvalue weighted by Crippen LogP contribution is -2.46. The molecule has 1 heterocycles. The Morgan fingerprint density at radius 2 is 2.35 bits per heavy atom. The van der Waals surface area contributed by atoms with Crippen LogP contribution < -0.4 is 0 Å². The molecule has 4 nitrogen and oxygen atoms in total. The van der Waals surface area contributed by atoms with Crippen molar-refractivity contribution >= 4 is 17.5 Å². The highest BCUT2D eigenvalue weighted by Gasteiger charge is 2.24. The topological polar surface area (TPSA) is 38.8 Å². The van der Waals surface area contributed by atoms with Gasteiger partial charge in [-0.3, -0.25) is 4.79 Å². The van der Waals surface area contributed by atoms with Gasteiger partial charge in [0.25, 0.3) is 5.91 Å².